The van der Waals surface area contributed by atoms with Gasteiger partial charge < -0.3 is 19.5 Å². The number of hydrogen-bond donors (Lipinski definition) is 1. The highest BCUT2D eigenvalue weighted by Crippen LogP contribution is 2.21. The van der Waals surface area contributed by atoms with E-state index in [1.165, 1.54) is 20.3 Å². The number of ether oxygens (including phenoxy) is 3. The predicted octanol–water partition coefficient (Wildman–Crippen LogP) is 2.54. The standard InChI is InChI=1S/C17H21N3O4/c1-11(2)15(16(21)18-12-8-6-5-7-9-12)24-17-19-13(22-3)10-14(20-17)23-4/h5-11,15H,1-4H3,(H,18,21). The quantitative estimate of drug-likeness (QED) is 0.839. The van der Waals surface area contributed by atoms with E-state index in [-0.39, 0.29) is 17.8 Å². The van der Waals surface area contributed by atoms with Crippen LogP contribution < -0.4 is 19.5 Å². The van der Waals surface area contributed by atoms with Crippen LogP contribution in [0.25, 0.3) is 0 Å². The number of carbonyl (C=O) groups excluding carboxylic acids is 1. The van der Waals surface area contributed by atoms with Gasteiger partial charge in [-0.15, -0.1) is 0 Å². The van der Waals surface area contributed by atoms with Gasteiger partial charge >= 0.3 is 6.01 Å². The van der Waals surface area contributed by atoms with Gasteiger partial charge in [-0.2, -0.15) is 9.97 Å². The van der Waals surface area contributed by atoms with Crippen LogP contribution in [0, 0.1) is 5.92 Å². The molecule has 0 saturated carbocycles. The molecule has 1 N–H and O–H groups in total. The summed E-state index contributed by atoms with van der Waals surface area (Å²) in [5, 5.41) is 2.82. The first-order chi connectivity index (χ1) is 11.5. The Morgan fingerprint density at radius 1 is 1.04 bits per heavy atom. The Hall–Kier alpha value is -2.83. The third-order valence-electron chi connectivity index (χ3n) is 3.21. The Kier molecular flexibility index (Phi) is 5.95. The Labute approximate surface area is 141 Å². The second-order valence-electron chi connectivity index (χ2n) is 5.37. The van der Waals surface area contributed by atoms with Crippen molar-refractivity contribution in [3.05, 3.63) is 36.4 Å². The average molecular weight is 331 g/mol. The molecule has 1 heterocycles. The van der Waals surface area contributed by atoms with E-state index in [4.69, 9.17) is 14.2 Å². The van der Waals surface area contributed by atoms with E-state index in [1.54, 1.807) is 12.1 Å². The maximum atomic E-state index is 12.5. The maximum absolute atomic E-state index is 12.5. The fourth-order valence-corrected chi connectivity index (χ4v) is 1.99. The molecule has 7 nitrogen and oxygen atoms in total. The molecule has 0 radical (unpaired) electrons. The normalized spacial score (nSPS) is 11.7. The molecule has 1 aromatic heterocycles. The zero-order valence-electron chi connectivity index (χ0n) is 14.1. The molecule has 24 heavy (non-hydrogen) atoms. The number of anilines is 1. The van der Waals surface area contributed by atoms with Crippen LogP contribution in [-0.2, 0) is 4.79 Å². The number of carbonyl (C=O) groups is 1. The van der Waals surface area contributed by atoms with E-state index in [9.17, 15) is 4.79 Å². The fraction of sp³-hybridized carbons (Fsp3) is 0.353. The number of nitrogens with one attached hydrogen (secondary N) is 1. The molecule has 1 amide bonds. The van der Waals surface area contributed by atoms with Crippen molar-refractivity contribution in [1.29, 1.82) is 0 Å². The lowest BCUT2D eigenvalue weighted by atomic mass is 10.1. The van der Waals surface area contributed by atoms with Gasteiger partial charge in [0, 0.05) is 5.69 Å². The largest absolute Gasteiger partial charge is 0.481 e. The molecule has 0 fully saturated rings. The molecular formula is C17H21N3O4. The highest BCUT2D eigenvalue weighted by Gasteiger charge is 2.26. The van der Waals surface area contributed by atoms with Crippen molar-refractivity contribution in [2.75, 3.05) is 19.5 Å². The number of benzene rings is 1. The van der Waals surface area contributed by atoms with Crippen LogP contribution in [0.15, 0.2) is 36.4 Å². The first-order valence-corrected chi connectivity index (χ1v) is 7.53. The smallest absolute Gasteiger partial charge is 0.323 e. The molecule has 1 atom stereocenters. The summed E-state index contributed by atoms with van der Waals surface area (Å²) in [5.74, 6) is 0.224. The number of aromatic nitrogens is 2. The Morgan fingerprint density at radius 3 is 2.12 bits per heavy atom. The molecule has 0 bridgehead atoms. The van der Waals surface area contributed by atoms with Crippen molar-refractivity contribution in [2.24, 2.45) is 5.92 Å². The van der Waals surface area contributed by atoms with E-state index in [2.05, 4.69) is 15.3 Å². The minimum Gasteiger partial charge on any atom is -0.481 e. The van der Waals surface area contributed by atoms with Crippen molar-refractivity contribution in [2.45, 2.75) is 20.0 Å². The van der Waals surface area contributed by atoms with E-state index >= 15 is 0 Å². The van der Waals surface area contributed by atoms with E-state index in [1.807, 2.05) is 32.0 Å². The van der Waals surface area contributed by atoms with Crippen molar-refractivity contribution in [1.82, 2.24) is 9.97 Å². The molecular weight excluding hydrogens is 310 g/mol. The van der Waals surface area contributed by atoms with Gasteiger partial charge in [0.15, 0.2) is 6.10 Å². The minimum absolute atomic E-state index is 0.0214. The molecule has 2 aromatic rings. The fourth-order valence-electron chi connectivity index (χ4n) is 1.99. The molecule has 0 aliphatic heterocycles. The number of para-hydroxylation sites is 1. The maximum Gasteiger partial charge on any atom is 0.323 e. The van der Waals surface area contributed by atoms with E-state index in [0.717, 1.165) is 0 Å². The summed E-state index contributed by atoms with van der Waals surface area (Å²) in [4.78, 5) is 20.7. The topological polar surface area (TPSA) is 82.6 Å². The minimum atomic E-state index is -0.762. The molecule has 0 aliphatic rings. The Morgan fingerprint density at radius 2 is 1.62 bits per heavy atom. The lowest BCUT2D eigenvalue weighted by molar-refractivity contribution is -0.124. The highest BCUT2D eigenvalue weighted by molar-refractivity contribution is 5.94. The van der Waals surface area contributed by atoms with Gasteiger partial charge in [0.05, 0.1) is 20.3 Å². The van der Waals surface area contributed by atoms with Crippen molar-refractivity contribution >= 4 is 11.6 Å². The lowest BCUT2D eigenvalue weighted by Gasteiger charge is -2.21. The molecule has 0 aliphatic carbocycles. The summed E-state index contributed by atoms with van der Waals surface area (Å²) >= 11 is 0. The zero-order chi connectivity index (χ0) is 17.5. The summed E-state index contributed by atoms with van der Waals surface area (Å²) in [6.07, 6.45) is -0.762. The number of rotatable bonds is 7. The summed E-state index contributed by atoms with van der Waals surface area (Å²) < 4.78 is 15.9. The third kappa shape index (κ3) is 4.58. The van der Waals surface area contributed by atoms with Crippen LogP contribution in [0.2, 0.25) is 0 Å². The van der Waals surface area contributed by atoms with Crippen LogP contribution in [-0.4, -0.2) is 36.2 Å². The molecule has 2 rings (SSSR count). The monoisotopic (exact) mass is 331 g/mol. The van der Waals surface area contributed by atoms with Gasteiger partial charge in [-0.3, -0.25) is 4.79 Å². The molecule has 7 heteroatoms. The first kappa shape index (κ1) is 17.5. The number of methoxy groups -OCH3 is 2. The molecule has 0 spiro atoms. The van der Waals surface area contributed by atoms with Crippen LogP contribution in [0.4, 0.5) is 5.69 Å². The predicted molar refractivity (Wildman–Crippen MR) is 89.5 cm³/mol. The summed E-state index contributed by atoms with van der Waals surface area (Å²) in [6.45, 7) is 3.76. The molecule has 1 unspecified atom stereocenters. The van der Waals surface area contributed by atoms with Gasteiger partial charge in [0.1, 0.15) is 0 Å². The zero-order valence-corrected chi connectivity index (χ0v) is 14.1. The van der Waals surface area contributed by atoms with Crippen molar-refractivity contribution in [3.63, 3.8) is 0 Å². The number of amides is 1. The highest BCUT2D eigenvalue weighted by atomic mass is 16.5. The number of nitrogens with zero attached hydrogens (tertiary/aromatic N) is 2. The van der Waals surface area contributed by atoms with Gasteiger partial charge in [-0.05, 0) is 18.1 Å². The molecule has 128 valence electrons. The van der Waals surface area contributed by atoms with Crippen molar-refractivity contribution in [3.8, 4) is 17.8 Å². The third-order valence-corrected chi connectivity index (χ3v) is 3.21. The van der Waals surface area contributed by atoms with Crippen molar-refractivity contribution < 1.29 is 19.0 Å². The second kappa shape index (κ2) is 8.14. The summed E-state index contributed by atoms with van der Waals surface area (Å²) in [6, 6.07) is 10.7. The van der Waals surface area contributed by atoms with E-state index < -0.39 is 6.10 Å². The van der Waals surface area contributed by atoms with Crippen LogP contribution in [0.1, 0.15) is 13.8 Å². The number of hydrogen-bond acceptors (Lipinski definition) is 6. The van der Waals surface area contributed by atoms with Crippen LogP contribution >= 0.6 is 0 Å². The Bertz CT molecular complexity index is 655. The second-order valence-corrected chi connectivity index (χ2v) is 5.37. The molecule has 0 saturated heterocycles. The summed E-state index contributed by atoms with van der Waals surface area (Å²) in [7, 11) is 2.96. The average Bonchev–Trinajstić information content (AvgIpc) is 2.59. The van der Waals surface area contributed by atoms with E-state index in [0.29, 0.717) is 17.4 Å². The lowest BCUT2D eigenvalue weighted by Crippen LogP contribution is -2.37. The molecule has 1 aromatic carbocycles. The van der Waals surface area contributed by atoms with Gasteiger partial charge in [-0.1, -0.05) is 32.0 Å². The van der Waals surface area contributed by atoms with Gasteiger partial charge in [0.2, 0.25) is 11.8 Å². The Balaban J connectivity index is 2.18. The SMILES string of the molecule is COc1cc(OC)nc(OC(C(=O)Nc2ccccc2)C(C)C)n1. The van der Waals surface area contributed by atoms with Crippen LogP contribution in [0.3, 0.4) is 0 Å². The first-order valence-electron chi connectivity index (χ1n) is 7.53. The van der Waals surface area contributed by atoms with Gasteiger partial charge in [0.25, 0.3) is 5.91 Å². The van der Waals surface area contributed by atoms with Gasteiger partial charge in [-0.25, -0.2) is 0 Å². The van der Waals surface area contributed by atoms with Crippen LogP contribution in [0.5, 0.6) is 17.8 Å². The summed E-state index contributed by atoms with van der Waals surface area (Å²) in [5.41, 5.74) is 0.695.